The highest BCUT2D eigenvalue weighted by atomic mass is 19.1. The molecule has 37 heavy (non-hydrogen) atoms. The van der Waals surface area contributed by atoms with E-state index in [1.54, 1.807) is 50.6 Å². The van der Waals surface area contributed by atoms with Gasteiger partial charge >= 0.3 is 0 Å². The van der Waals surface area contributed by atoms with Crippen LogP contribution in [0.2, 0.25) is 0 Å². The molecule has 5 rings (SSSR count). The van der Waals surface area contributed by atoms with Crippen molar-refractivity contribution in [1.29, 1.82) is 0 Å². The number of ether oxygens (including phenoxy) is 3. The maximum atomic E-state index is 13.1. The summed E-state index contributed by atoms with van der Waals surface area (Å²) >= 11 is 0. The normalized spacial score (nSPS) is 13.5. The zero-order valence-electron chi connectivity index (χ0n) is 20.2. The van der Waals surface area contributed by atoms with E-state index in [1.807, 2.05) is 12.1 Å². The lowest BCUT2D eigenvalue weighted by Gasteiger charge is -2.16. The maximum Gasteiger partial charge on any atom is 0.240 e. The number of methoxy groups -OCH3 is 2. The zero-order chi connectivity index (χ0) is 26.0. The first-order valence-corrected chi connectivity index (χ1v) is 11.6. The average molecular weight is 502 g/mol. The molecule has 4 aromatic rings. The van der Waals surface area contributed by atoms with Crippen molar-refractivity contribution in [1.82, 2.24) is 4.98 Å². The van der Waals surface area contributed by atoms with Crippen LogP contribution in [0.25, 0.3) is 10.9 Å². The van der Waals surface area contributed by atoms with Crippen molar-refractivity contribution >= 4 is 34.1 Å². The fourth-order valence-electron chi connectivity index (χ4n) is 3.93. The zero-order valence-corrected chi connectivity index (χ0v) is 20.2. The minimum atomic E-state index is -1.14. The highest BCUT2D eigenvalue weighted by Gasteiger charge is 2.56. The highest BCUT2D eigenvalue weighted by Crippen LogP contribution is 2.47. The van der Waals surface area contributed by atoms with Crippen LogP contribution < -0.4 is 24.8 Å². The van der Waals surface area contributed by atoms with Crippen molar-refractivity contribution in [2.45, 2.75) is 12.8 Å². The predicted octanol–water partition coefficient (Wildman–Crippen LogP) is 5.54. The third-order valence-corrected chi connectivity index (χ3v) is 6.22. The van der Waals surface area contributed by atoms with E-state index in [0.29, 0.717) is 52.9 Å². The van der Waals surface area contributed by atoms with Crippen molar-refractivity contribution in [2.75, 3.05) is 24.9 Å². The number of aromatic nitrogens is 1. The van der Waals surface area contributed by atoms with Crippen LogP contribution in [0, 0.1) is 11.2 Å². The van der Waals surface area contributed by atoms with Gasteiger partial charge in [-0.2, -0.15) is 0 Å². The van der Waals surface area contributed by atoms with E-state index in [0.717, 1.165) is 5.39 Å². The molecule has 1 aromatic heterocycles. The van der Waals surface area contributed by atoms with E-state index in [4.69, 9.17) is 14.2 Å². The van der Waals surface area contributed by atoms with Crippen LogP contribution in [0.5, 0.6) is 23.1 Å². The van der Waals surface area contributed by atoms with Crippen LogP contribution in [0.15, 0.2) is 72.8 Å². The molecule has 0 radical (unpaired) electrons. The molecule has 1 aliphatic rings. The molecule has 2 N–H and O–H groups in total. The average Bonchev–Trinajstić information content (AvgIpc) is 3.73. The molecule has 3 aromatic carbocycles. The molecule has 1 aliphatic carbocycles. The topological polar surface area (TPSA) is 98.8 Å². The second kappa shape index (κ2) is 9.77. The molecule has 0 atom stereocenters. The highest BCUT2D eigenvalue weighted by molar-refractivity contribution is 6.16. The van der Waals surface area contributed by atoms with Gasteiger partial charge in [-0.1, -0.05) is 0 Å². The molecule has 188 valence electrons. The smallest absolute Gasteiger partial charge is 0.240 e. The molecule has 9 heteroatoms. The second-order valence-electron chi connectivity index (χ2n) is 8.67. The predicted molar refractivity (Wildman–Crippen MR) is 137 cm³/mol. The van der Waals surface area contributed by atoms with Crippen molar-refractivity contribution in [2.24, 2.45) is 5.41 Å². The summed E-state index contributed by atoms with van der Waals surface area (Å²) in [4.78, 5) is 30.2. The van der Waals surface area contributed by atoms with Crippen LogP contribution in [-0.2, 0) is 9.59 Å². The third-order valence-electron chi connectivity index (χ3n) is 6.22. The molecule has 8 nitrogen and oxygen atoms in total. The minimum Gasteiger partial charge on any atom is -0.493 e. The van der Waals surface area contributed by atoms with E-state index in [1.165, 1.54) is 24.3 Å². The number of hydrogen-bond acceptors (Lipinski definition) is 6. The molecule has 0 saturated heterocycles. The van der Waals surface area contributed by atoms with Gasteiger partial charge in [-0.25, -0.2) is 9.37 Å². The van der Waals surface area contributed by atoms with Gasteiger partial charge in [-0.15, -0.1) is 0 Å². The van der Waals surface area contributed by atoms with Crippen LogP contribution >= 0.6 is 0 Å². The van der Waals surface area contributed by atoms with E-state index in [2.05, 4.69) is 15.6 Å². The number of pyridine rings is 1. The Hall–Kier alpha value is -4.66. The van der Waals surface area contributed by atoms with E-state index in [9.17, 15) is 14.0 Å². The summed E-state index contributed by atoms with van der Waals surface area (Å²) in [7, 11) is 3.14. The number of halogens is 1. The molecular formula is C28H24FN3O5. The molecule has 1 saturated carbocycles. The van der Waals surface area contributed by atoms with Crippen molar-refractivity contribution in [3.05, 3.63) is 78.6 Å². The molecule has 0 aliphatic heterocycles. The fourth-order valence-corrected chi connectivity index (χ4v) is 3.93. The van der Waals surface area contributed by atoms with Crippen molar-refractivity contribution in [3.8, 4) is 23.1 Å². The van der Waals surface area contributed by atoms with Crippen molar-refractivity contribution < 1.29 is 28.2 Å². The number of fused-ring (bicyclic) bond motifs is 1. The Bertz CT molecular complexity index is 1470. The number of rotatable bonds is 8. The van der Waals surface area contributed by atoms with Gasteiger partial charge in [0, 0.05) is 28.9 Å². The van der Waals surface area contributed by atoms with Gasteiger partial charge in [0.05, 0.1) is 19.7 Å². The molecule has 0 bridgehead atoms. The minimum absolute atomic E-state index is 0.388. The Balaban J connectivity index is 1.23. The lowest BCUT2D eigenvalue weighted by atomic mass is 10.0. The Morgan fingerprint density at radius 3 is 1.95 bits per heavy atom. The number of carbonyl (C=O) groups excluding carboxylic acids is 2. The standard InChI is InChI=1S/C28H24FN3O5/c1-35-23-15-17-3-12-25(32-22(17)16-24(23)36-2)37-21-10-8-20(9-11-21)31-27(34)28(13-14-28)26(33)30-19-6-4-18(29)5-7-19/h3-12,15-16H,13-14H2,1-2H3,(H,30,33)(H,31,34). The summed E-state index contributed by atoms with van der Waals surface area (Å²) in [6.45, 7) is 0. The van der Waals surface area contributed by atoms with Gasteiger partial charge in [0.15, 0.2) is 11.5 Å². The Kier molecular flexibility index (Phi) is 6.35. The monoisotopic (exact) mass is 501 g/mol. The van der Waals surface area contributed by atoms with Gasteiger partial charge in [0.25, 0.3) is 0 Å². The first kappa shape index (κ1) is 24.1. The van der Waals surface area contributed by atoms with Crippen LogP contribution in [0.1, 0.15) is 12.8 Å². The number of hydrogen-bond donors (Lipinski definition) is 2. The number of amides is 2. The number of anilines is 2. The summed E-state index contributed by atoms with van der Waals surface area (Å²) in [6.07, 6.45) is 0.884. The van der Waals surface area contributed by atoms with Crippen molar-refractivity contribution in [3.63, 3.8) is 0 Å². The molecule has 0 unspecified atom stereocenters. The quantitative estimate of drug-likeness (QED) is 0.308. The summed E-state index contributed by atoms with van der Waals surface area (Å²) < 4.78 is 29.7. The lowest BCUT2D eigenvalue weighted by Crippen LogP contribution is -2.35. The number of nitrogens with zero attached hydrogens (tertiary/aromatic N) is 1. The van der Waals surface area contributed by atoms with Gasteiger partial charge in [-0.05, 0) is 73.5 Å². The van der Waals surface area contributed by atoms with Gasteiger partial charge in [0.1, 0.15) is 17.0 Å². The Morgan fingerprint density at radius 2 is 1.38 bits per heavy atom. The van der Waals surface area contributed by atoms with Gasteiger partial charge in [-0.3, -0.25) is 9.59 Å². The van der Waals surface area contributed by atoms with E-state index >= 15 is 0 Å². The molecule has 1 fully saturated rings. The molecule has 2 amide bonds. The largest absolute Gasteiger partial charge is 0.493 e. The maximum absolute atomic E-state index is 13.1. The first-order chi connectivity index (χ1) is 17.9. The van der Waals surface area contributed by atoms with Gasteiger partial charge in [0.2, 0.25) is 17.7 Å². The van der Waals surface area contributed by atoms with Gasteiger partial charge < -0.3 is 24.8 Å². The second-order valence-corrected chi connectivity index (χ2v) is 8.67. The SMILES string of the molecule is COc1cc2ccc(Oc3ccc(NC(=O)C4(C(=O)Nc5ccc(F)cc5)CC4)cc3)nc2cc1OC. The summed E-state index contributed by atoms with van der Waals surface area (Å²) in [5.41, 5.74) is 0.517. The van der Waals surface area contributed by atoms with E-state index in [-0.39, 0.29) is 5.91 Å². The third kappa shape index (κ3) is 5.02. The van der Waals surface area contributed by atoms with Crippen LogP contribution in [0.4, 0.5) is 15.8 Å². The number of nitrogens with one attached hydrogen (secondary N) is 2. The summed E-state index contributed by atoms with van der Waals surface area (Å²) in [5.74, 6) is 0.908. The fraction of sp³-hybridized carbons (Fsp3) is 0.179. The summed E-state index contributed by atoms with van der Waals surface area (Å²) in [5, 5.41) is 6.37. The van der Waals surface area contributed by atoms with Crippen LogP contribution in [0.3, 0.4) is 0 Å². The molecule has 1 heterocycles. The number of carbonyl (C=O) groups is 2. The Morgan fingerprint density at radius 1 is 0.811 bits per heavy atom. The van der Waals surface area contributed by atoms with Crippen LogP contribution in [-0.4, -0.2) is 31.0 Å². The molecule has 0 spiro atoms. The number of benzene rings is 3. The summed E-state index contributed by atoms with van der Waals surface area (Å²) in [6, 6.07) is 19.4. The Labute approximate surface area is 212 Å². The first-order valence-electron chi connectivity index (χ1n) is 11.6. The lowest BCUT2D eigenvalue weighted by molar-refractivity contribution is -0.131. The molecular weight excluding hydrogens is 477 g/mol. The van der Waals surface area contributed by atoms with E-state index < -0.39 is 17.1 Å².